The first-order valence-electron chi connectivity index (χ1n) is 15.1. The number of ketones is 2. The van der Waals surface area contributed by atoms with Crippen LogP contribution < -0.4 is 0 Å². The highest BCUT2D eigenvalue weighted by atomic mass is 16.2. The third-order valence-corrected chi connectivity index (χ3v) is 13.6. The minimum absolute atomic E-state index is 0.0662. The Morgan fingerprint density at radius 3 is 2.39 bits per heavy atom. The molecule has 38 heavy (non-hydrogen) atoms. The van der Waals surface area contributed by atoms with Gasteiger partial charge in [-0.05, 0) is 90.9 Å². The summed E-state index contributed by atoms with van der Waals surface area (Å²) in [4.78, 5) is 45.9. The second-order valence-electron chi connectivity index (χ2n) is 15.2. The van der Waals surface area contributed by atoms with Crippen molar-refractivity contribution in [3.8, 4) is 0 Å². The van der Waals surface area contributed by atoms with Gasteiger partial charge < -0.3 is 0 Å². The predicted octanol–water partition coefficient (Wildman–Crippen LogP) is 6.93. The van der Waals surface area contributed by atoms with Gasteiger partial charge in [-0.3, -0.25) is 19.0 Å². The molecule has 0 N–H and O–H groups in total. The molecule has 5 heteroatoms. The topological polar surface area (TPSA) is 69.0 Å². The van der Waals surface area contributed by atoms with E-state index in [4.69, 9.17) is 0 Å². The van der Waals surface area contributed by atoms with Crippen molar-refractivity contribution < 1.29 is 14.4 Å². The van der Waals surface area contributed by atoms with E-state index in [1.54, 1.807) is 23.3 Å². The molecule has 4 saturated carbocycles. The van der Waals surface area contributed by atoms with E-state index in [0.717, 1.165) is 44.9 Å². The summed E-state index contributed by atoms with van der Waals surface area (Å²) in [5.74, 6) is 1.83. The van der Waals surface area contributed by atoms with Gasteiger partial charge in [0.25, 0.3) is 0 Å². The Labute approximate surface area is 228 Å². The fraction of sp³-hybridized carbons (Fsp3) is 0.758. The number of Topliss-reactive ketones (excluding diaryl/α,β-unsaturated/α-hetero) is 1. The van der Waals surface area contributed by atoms with E-state index in [1.807, 2.05) is 6.08 Å². The fourth-order valence-electron chi connectivity index (χ4n) is 11.1. The Balaban J connectivity index is 1.50. The van der Waals surface area contributed by atoms with E-state index in [9.17, 15) is 14.4 Å². The monoisotopic (exact) mass is 518 g/mol. The van der Waals surface area contributed by atoms with Crippen molar-refractivity contribution in [2.45, 2.75) is 99.8 Å². The summed E-state index contributed by atoms with van der Waals surface area (Å²) < 4.78 is 1.70. The molecule has 6 rings (SSSR count). The maximum absolute atomic E-state index is 14.5. The van der Waals surface area contributed by atoms with Gasteiger partial charge in [-0.25, -0.2) is 4.98 Å². The van der Waals surface area contributed by atoms with E-state index < -0.39 is 5.41 Å². The molecule has 1 heterocycles. The van der Waals surface area contributed by atoms with Crippen molar-refractivity contribution in [3.05, 3.63) is 30.4 Å². The lowest BCUT2D eigenvalue weighted by Crippen LogP contribution is -2.67. The Morgan fingerprint density at radius 1 is 0.974 bits per heavy atom. The molecular weight excluding hydrogens is 472 g/mol. The highest BCUT2D eigenvalue weighted by Crippen LogP contribution is 2.75. The summed E-state index contributed by atoms with van der Waals surface area (Å²) in [5.41, 5.74) is -0.110. The smallest absolute Gasteiger partial charge is 0.238 e. The second-order valence-corrected chi connectivity index (χ2v) is 15.2. The first kappa shape index (κ1) is 26.2. The van der Waals surface area contributed by atoms with Gasteiger partial charge in [-0.2, -0.15) is 0 Å². The molecule has 5 nitrogen and oxygen atoms in total. The number of aromatic nitrogens is 2. The molecule has 5 aliphatic carbocycles. The summed E-state index contributed by atoms with van der Waals surface area (Å²) in [6.45, 7) is 16.0. The molecule has 206 valence electrons. The van der Waals surface area contributed by atoms with Crippen LogP contribution in [-0.2, 0) is 9.59 Å². The third kappa shape index (κ3) is 3.00. The molecule has 0 aromatic carbocycles. The van der Waals surface area contributed by atoms with Crippen LogP contribution in [0.5, 0.6) is 0 Å². The zero-order valence-corrected chi connectivity index (χ0v) is 24.5. The van der Waals surface area contributed by atoms with Crippen molar-refractivity contribution in [1.29, 1.82) is 0 Å². The van der Waals surface area contributed by atoms with Crippen molar-refractivity contribution in [2.75, 3.05) is 0 Å². The van der Waals surface area contributed by atoms with Gasteiger partial charge in [0.2, 0.25) is 5.91 Å². The molecule has 0 unspecified atom stereocenters. The second kappa shape index (κ2) is 8.01. The maximum Gasteiger partial charge on any atom is 0.238 e. The van der Waals surface area contributed by atoms with Crippen LogP contribution in [0, 0.1) is 56.7 Å². The highest BCUT2D eigenvalue weighted by Gasteiger charge is 2.71. The van der Waals surface area contributed by atoms with E-state index >= 15 is 0 Å². The molecule has 0 radical (unpaired) electrons. The molecule has 1 aromatic heterocycles. The van der Waals surface area contributed by atoms with Crippen LogP contribution in [0.3, 0.4) is 0 Å². The van der Waals surface area contributed by atoms with Gasteiger partial charge in [0.05, 0.1) is 5.41 Å². The summed E-state index contributed by atoms with van der Waals surface area (Å²) in [7, 11) is 0. The first-order chi connectivity index (χ1) is 17.7. The number of nitrogens with zero attached hydrogens (tertiary/aromatic N) is 2. The van der Waals surface area contributed by atoms with Crippen molar-refractivity contribution >= 4 is 17.5 Å². The molecule has 0 saturated heterocycles. The van der Waals surface area contributed by atoms with Gasteiger partial charge in [-0.1, -0.05) is 54.0 Å². The number of allylic oxidation sites excluding steroid dienone is 2. The number of fused-ring (bicyclic) bond motifs is 7. The quantitative estimate of drug-likeness (QED) is 0.404. The molecule has 0 amide bonds. The minimum Gasteiger partial charge on any atom is -0.299 e. The van der Waals surface area contributed by atoms with Crippen molar-refractivity contribution in [2.24, 2.45) is 56.7 Å². The average molecular weight is 519 g/mol. The van der Waals surface area contributed by atoms with Crippen LogP contribution in [0.25, 0.3) is 0 Å². The fourth-order valence-corrected chi connectivity index (χ4v) is 11.1. The zero-order chi connectivity index (χ0) is 27.5. The number of hydrogen-bond acceptors (Lipinski definition) is 4. The largest absolute Gasteiger partial charge is 0.299 e. The molecule has 4 fully saturated rings. The lowest BCUT2D eigenvalue weighted by molar-refractivity contribution is -0.187. The molecule has 5 aliphatic rings. The van der Waals surface area contributed by atoms with Gasteiger partial charge in [0, 0.05) is 30.1 Å². The van der Waals surface area contributed by atoms with E-state index in [-0.39, 0.29) is 51.1 Å². The van der Waals surface area contributed by atoms with Crippen molar-refractivity contribution in [1.82, 2.24) is 9.55 Å². The number of carbonyl (C=O) groups excluding carboxylic acids is 3. The van der Waals surface area contributed by atoms with E-state index in [1.165, 1.54) is 5.57 Å². The number of carbonyl (C=O) groups is 3. The highest BCUT2D eigenvalue weighted by molar-refractivity contribution is 5.97. The molecule has 1 aromatic rings. The van der Waals surface area contributed by atoms with Crippen LogP contribution in [0.1, 0.15) is 105 Å². The molecule has 0 aliphatic heterocycles. The Bertz CT molecular complexity index is 1230. The summed E-state index contributed by atoms with van der Waals surface area (Å²) in [5, 5.41) is 0. The zero-order valence-electron chi connectivity index (χ0n) is 24.5. The predicted molar refractivity (Wildman–Crippen MR) is 147 cm³/mol. The van der Waals surface area contributed by atoms with Gasteiger partial charge in [0.1, 0.15) is 12.1 Å². The van der Waals surface area contributed by atoms with Crippen LogP contribution >= 0.6 is 0 Å². The van der Waals surface area contributed by atoms with Crippen LogP contribution in [-0.4, -0.2) is 27.0 Å². The number of imidazole rings is 1. The standard InChI is InChI=1S/C33H46N2O3/c1-20-8-13-33(28(38)35-17-16-34-19-35)15-14-31(6)22(26(33)21(20)2)18-23(36)27-30(5)11-10-25(37)29(3,4)24(30)9-12-32(27,31)7/h16-21,24,26-27H,8-15H2,1-7H3/t20-,21+,24+,26+,27-,30+,31-,32-,33+/m1/s1. The summed E-state index contributed by atoms with van der Waals surface area (Å²) >= 11 is 0. The Hall–Kier alpha value is -2.04. The van der Waals surface area contributed by atoms with Crippen LogP contribution in [0.2, 0.25) is 0 Å². The lowest BCUT2D eigenvalue weighted by Gasteiger charge is -2.70. The summed E-state index contributed by atoms with van der Waals surface area (Å²) in [6.07, 6.45) is 14.2. The maximum atomic E-state index is 14.5. The third-order valence-electron chi connectivity index (χ3n) is 13.6. The molecule has 0 bridgehead atoms. The lowest BCUT2D eigenvalue weighted by atomic mass is 9.33. The molecule has 9 atom stereocenters. The SMILES string of the molecule is C[C@H]1[C@H](C)CC[C@]2(C(=O)n3ccnc3)CC[C@]3(C)C(=CC(=O)[C@@H]4[C@@]5(C)CCC(=O)C(C)(C)[C@@H]5CC[C@]43C)[C@H]12. The van der Waals surface area contributed by atoms with E-state index in [2.05, 4.69) is 53.5 Å². The number of hydrogen-bond donors (Lipinski definition) is 0. The van der Waals surface area contributed by atoms with Gasteiger partial charge in [-0.15, -0.1) is 0 Å². The van der Waals surface area contributed by atoms with Crippen LogP contribution in [0.4, 0.5) is 0 Å². The minimum atomic E-state index is -0.484. The van der Waals surface area contributed by atoms with E-state index in [0.29, 0.717) is 24.0 Å². The summed E-state index contributed by atoms with van der Waals surface area (Å²) in [6, 6.07) is 0. The van der Waals surface area contributed by atoms with Crippen LogP contribution in [0.15, 0.2) is 30.4 Å². The van der Waals surface area contributed by atoms with Crippen molar-refractivity contribution in [3.63, 3.8) is 0 Å². The van der Waals surface area contributed by atoms with Gasteiger partial charge in [0.15, 0.2) is 5.78 Å². The van der Waals surface area contributed by atoms with Gasteiger partial charge >= 0.3 is 0 Å². The number of rotatable bonds is 1. The Kier molecular flexibility index (Phi) is 5.52. The average Bonchev–Trinajstić information content (AvgIpc) is 3.39. The normalized spacial score (nSPS) is 47.8. The molecule has 0 spiro atoms. The first-order valence-corrected chi connectivity index (χ1v) is 15.1. The Morgan fingerprint density at radius 2 is 1.71 bits per heavy atom. The molecular formula is C33H46N2O3.